The minimum Gasteiger partial charge on any atom is -0.484 e. The summed E-state index contributed by atoms with van der Waals surface area (Å²) in [7, 11) is 1.67. The molecule has 1 amide bonds. The first kappa shape index (κ1) is 23.7. The highest BCUT2D eigenvalue weighted by Gasteiger charge is 2.42. The summed E-state index contributed by atoms with van der Waals surface area (Å²) < 4.78 is 70.1. The largest absolute Gasteiger partial charge is 0.484 e. The number of fused-ring (bicyclic) bond motifs is 1. The van der Waals surface area contributed by atoms with Crippen LogP contribution in [0.25, 0.3) is 11.1 Å². The highest BCUT2D eigenvalue weighted by atomic mass is 19.4. The smallest absolute Gasteiger partial charge is 0.422 e. The molecule has 0 N–H and O–H groups in total. The first-order chi connectivity index (χ1) is 15.9. The molecule has 0 spiro atoms. The molecule has 1 atom stereocenters. The first-order valence-corrected chi connectivity index (χ1v) is 10.6. The molecule has 4 rings (SSSR count). The molecule has 34 heavy (non-hydrogen) atoms. The van der Waals surface area contributed by atoms with Gasteiger partial charge in [0.05, 0.1) is 5.41 Å². The van der Waals surface area contributed by atoms with Crippen molar-refractivity contribution in [2.24, 2.45) is 0 Å². The Morgan fingerprint density at radius 2 is 1.65 bits per heavy atom. The Morgan fingerprint density at radius 1 is 0.971 bits per heavy atom. The van der Waals surface area contributed by atoms with Gasteiger partial charge < -0.3 is 9.64 Å². The summed E-state index contributed by atoms with van der Waals surface area (Å²) in [5.74, 6) is -1.56. The Kier molecular flexibility index (Phi) is 6.10. The molecular weight excluding hydrogens is 453 g/mol. The van der Waals surface area contributed by atoms with Crippen molar-refractivity contribution in [1.82, 2.24) is 4.90 Å². The summed E-state index contributed by atoms with van der Waals surface area (Å²) in [6.45, 7) is 0.708. The van der Waals surface area contributed by atoms with Crippen LogP contribution in [0.15, 0.2) is 60.7 Å². The maximum absolute atomic E-state index is 13.8. The number of alkyl halides is 3. The van der Waals surface area contributed by atoms with Crippen LogP contribution in [-0.2, 0) is 23.2 Å². The fourth-order valence-electron chi connectivity index (χ4n) is 4.49. The van der Waals surface area contributed by atoms with Crippen LogP contribution in [0.4, 0.5) is 22.0 Å². The van der Waals surface area contributed by atoms with Crippen molar-refractivity contribution < 1.29 is 31.5 Å². The Morgan fingerprint density at radius 3 is 2.32 bits per heavy atom. The van der Waals surface area contributed by atoms with Gasteiger partial charge in [0.1, 0.15) is 17.4 Å². The van der Waals surface area contributed by atoms with Crippen LogP contribution >= 0.6 is 0 Å². The summed E-state index contributed by atoms with van der Waals surface area (Å²) in [5, 5.41) is 0. The number of amides is 1. The second-order valence-electron chi connectivity index (χ2n) is 8.75. The topological polar surface area (TPSA) is 29.5 Å². The molecule has 0 fully saturated rings. The van der Waals surface area contributed by atoms with Gasteiger partial charge in [-0.15, -0.1) is 0 Å². The van der Waals surface area contributed by atoms with Crippen molar-refractivity contribution in [1.29, 1.82) is 0 Å². The Hall–Kier alpha value is -3.42. The van der Waals surface area contributed by atoms with Gasteiger partial charge in [0.25, 0.3) is 0 Å². The molecule has 1 heterocycles. The number of likely N-dealkylation sites (N-methyl/N-ethyl adjacent to an activating group) is 1. The number of nitrogens with zero attached hydrogens (tertiary/aromatic N) is 1. The van der Waals surface area contributed by atoms with E-state index in [0.717, 1.165) is 11.6 Å². The summed E-state index contributed by atoms with van der Waals surface area (Å²) in [5.41, 5.74) is 2.15. The SMILES string of the molecule is CN1Cc2ccc(-c3cccc(OCC(F)(F)F)c3)cc2C(C)(Cc2cc(F)cc(F)c2)C1=O. The molecule has 1 unspecified atom stereocenters. The average Bonchev–Trinajstić information content (AvgIpc) is 2.75. The highest BCUT2D eigenvalue weighted by molar-refractivity contribution is 5.90. The molecule has 0 saturated carbocycles. The van der Waals surface area contributed by atoms with Crippen LogP contribution in [0, 0.1) is 11.6 Å². The number of halogens is 5. The standard InChI is InChI=1S/C26H22F5NO2/c1-25(13-16-8-20(27)12-21(28)9-16)23-11-18(6-7-19(23)14-32(2)24(25)33)17-4-3-5-22(10-17)34-15-26(29,30)31/h3-12H,13-15H2,1-2H3. The quantitative estimate of drug-likeness (QED) is 0.421. The number of benzene rings is 3. The molecular formula is C26H22F5NO2. The molecule has 8 heteroatoms. The lowest BCUT2D eigenvalue weighted by Gasteiger charge is -2.40. The van der Waals surface area contributed by atoms with Crippen LogP contribution in [-0.4, -0.2) is 30.6 Å². The van der Waals surface area contributed by atoms with Gasteiger partial charge >= 0.3 is 6.18 Å². The Balaban J connectivity index is 1.73. The first-order valence-electron chi connectivity index (χ1n) is 10.6. The summed E-state index contributed by atoms with van der Waals surface area (Å²) >= 11 is 0. The van der Waals surface area contributed by atoms with Gasteiger partial charge in [-0.05, 0) is 71.5 Å². The molecule has 3 nitrogen and oxygen atoms in total. The van der Waals surface area contributed by atoms with Gasteiger partial charge in [0, 0.05) is 19.7 Å². The lowest BCUT2D eigenvalue weighted by atomic mass is 9.71. The summed E-state index contributed by atoms with van der Waals surface area (Å²) in [4.78, 5) is 14.8. The van der Waals surface area contributed by atoms with E-state index in [1.165, 1.54) is 24.3 Å². The number of carbonyl (C=O) groups excluding carboxylic acids is 1. The number of hydrogen-bond acceptors (Lipinski definition) is 2. The second kappa shape index (κ2) is 8.74. The zero-order chi connectivity index (χ0) is 24.7. The zero-order valence-electron chi connectivity index (χ0n) is 18.5. The monoisotopic (exact) mass is 475 g/mol. The van der Waals surface area contributed by atoms with Crippen molar-refractivity contribution in [2.45, 2.75) is 31.5 Å². The van der Waals surface area contributed by atoms with E-state index in [9.17, 15) is 26.7 Å². The van der Waals surface area contributed by atoms with E-state index >= 15 is 0 Å². The predicted molar refractivity (Wildman–Crippen MR) is 117 cm³/mol. The molecule has 178 valence electrons. The molecule has 0 bridgehead atoms. The van der Waals surface area contributed by atoms with E-state index < -0.39 is 29.8 Å². The maximum Gasteiger partial charge on any atom is 0.422 e. The van der Waals surface area contributed by atoms with Crippen LogP contribution in [0.2, 0.25) is 0 Å². The van der Waals surface area contributed by atoms with Gasteiger partial charge in [-0.3, -0.25) is 4.79 Å². The van der Waals surface area contributed by atoms with Gasteiger partial charge in [0.15, 0.2) is 6.61 Å². The lowest BCUT2D eigenvalue weighted by molar-refractivity contribution is -0.153. The van der Waals surface area contributed by atoms with Crippen LogP contribution in [0.3, 0.4) is 0 Å². The average molecular weight is 475 g/mol. The van der Waals surface area contributed by atoms with Crippen molar-refractivity contribution >= 4 is 5.91 Å². The molecule has 0 aromatic heterocycles. The van der Waals surface area contributed by atoms with E-state index in [1.807, 2.05) is 18.2 Å². The van der Waals surface area contributed by atoms with Crippen LogP contribution < -0.4 is 4.74 Å². The fraction of sp³-hybridized carbons (Fsp3) is 0.269. The molecule has 0 radical (unpaired) electrons. The molecule has 3 aromatic carbocycles. The number of hydrogen-bond donors (Lipinski definition) is 0. The van der Waals surface area contributed by atoms with Gasteiger partial charge in [-0.1, -0.05) is 24.3 Å². The van der Waals surface area contributed by atoms with Gasteiger partial charge in [0.2, 0.25) is 5.91 Å². The van der Waals surface area contributed by atoms with E-state index in [2.05, 4.69) is 0 Å². The summed E-state index contributed by atoms with van der Waals surface area (Å²) in [6.07, 6.45) is -4.37. The second-order valence-corrected chi connectivity index (χ2v) is 8.75. The molecule has 1 aliphatic rings. The Labute approximate surface area is 193 Å². The van der Waals surface area contributed by atoms with Crippen molar-refractivity contribution in [3.8, 4) is 16.9 Å². The lowest BCUT2D eigenvalue weighted by Crippen LogP contribution is -2.49. The molecule has 1 aliphatic heterocycles. The van der Waals surface area contributed by atoms with Gasteiger partial charge in [-0.25, -0.2) is 8.78 Å². The minimum absolute atomic E-state index is 0.0707. The van der Waals surface area contributed by atoms with Crippen LogP contribution in [0.5, 0.6) is 5.75 Å². The fourth-order valence-corrected chi connectivity index (χ4v) is 4.49. The molecule has 0 aliphatic carbocycles. The number of ether oxygens (including phenoxy) is 1. The van der Waals surface area contributed by atoms with Gasteiger partial charge in [-0.2, -0.15) is 13.2 Å². The van der Waals surface area contributed by atoms with Crippen molar-refractivity contribution in [3.63, 3.8) is 0 Å². The third kappa shape index (κ3) is 4.90. The zero-order valence-corrected chi connectivity index (χ0v) is 18.5. The number of carbonyl (C=O) groups is 1. The minimum atomic E-state index is -4.45. The molecule has 3 aromatic rings. The van der Waals surface area contributed by atoms with Crippen molar-refractivity contribution in [2.75, 3.05) is 13.7 Å². The third-order valence-electron chi connectivity index (χ3n) is 5.98. The van der Waals surface area contributed by atoms with E-state index in [0.29, 0.717) is 28.8 Å². The van der Waals surface area contributed by atoms with Crippen LogP contribution in [0.1, 0.15) is 23.6 Å². The van der Waals surface area contributed by atoms with E-state index in [-0.39, 0.29) is 18.1 Å². The Bertz CT molecular complexity index is 1220. The maximum atomic E-state index is 13.8. The normalized spacial score (nSPS) is 18.1. The highest BCUT2D eigenvalue weighted by Crippen LogP contribution is 2.40. The third-order valence-corrected chi connectivity index (χ3v) is 5.98. The molecule has 0 saturated heterocycles. The summed E-state index contributed by atoms with van der Waals surface area (Å²) in [6, 6.07) is 15.0. The van der Waals surface area contributed by atoms with Crippen molar-refractivity contribution in [3.05, 3.63) is 89.0 Å². The van der Waals surface area contributed by atoms with E-state index in [4.69, 9.17) is 4.74 Å². The van der Waals surface area contributed by atoms with E-state index in [1.54, 1.807) is 31.0 Å². The number of rotatable bonds is 5. The predicted octanol–water partition coefficient (Wildman–Crippen LogP) is 6.05.